The van der Waals surface area contributed by atoms with E-state index in [9.17, 15) is 14.5 Å². The first-order valence-electron chi connectivity index (χ1n) is 6.97. The lowest BCUT2D eigenvalue weighted by atomic mass is 9.98. The van der Waals surface area contributed by atoms with Crippen LogP contribution in [-0.4, -0.2) is 11.9 Å². The van der Waals surface area contributed by atoms with Gasteiger partial charge in [0, 0.05) is 5.18 Å². The topological polar surface area (TPSA) is 72.8 Å². The van der Waals surface area contributed by atoms with Crippen LogP contribution in [0.25, 0.3) is 0 Å². The van der Waals surface area contributed by atoms with E-state index >= 15 is 0 Å². The summed E-state index contributed by atoms with van der Waals surface area (Å²) in [6, 6.07) is 17.2. The van der Waals surface area contributed by atoms with Crippen molar-refractivity contribution in [1.82, 2.24) is 0 Å². The van der Waals surface area contributed by atoms with Crippen molar-refractivity contribution in [3.63, 3.8) is 0 Å². The SMILES string of the molecule is C=CC(OC(=O)C(C(=O)N=O)c1ccccc1)c1ccccc1. The third-order valence-corrected chi connectivity index (χ3v) is 3.29. The maximum atomic E-state index is 12.4. The summed E-state index contributed by atoms with van der Waals surface area (Å²) in [5.41, 5.74) is 1.08. The predicted molar refractivity (Wildman–Crippen MR) is 85.5 cm³/mol. The average Bonchev–Trinajstić information content (AvgIpc) is 2.61. The summed E-state index contributed by atoms with van der Waals surface area (Å²) >= 11 is 0. The van der Waals surface area contributed by atoms with E-state index in [-0.39, 0.29) is 0 Å². The van der Waals surface area contributed by atoms with Gasteiger partial charge in [-0.2, -0.15) is 0 Å². The van der Waals surface area contributed by atoms with E-state index < -0.39 is 23.9 Å². The van der Waals surface area contributed by atoms with Crippen LogP contribution in [0.5, 0.6) is 0 Å². The number of benzene rings is 2. The molecule has 116 valence electrons. The van der Waals surface area contributed by atoms with Gasteiger partial charge in [0.25, 0.3) is 0 Å². The predicted octanol–water partition coefficient (Wildman–Crippen LogP) is 3.53. The zero-order valence-electron chi connectivity index (χ0n) is 12.3. The molecule has 23 heavy (non-hydrogen) atoms. The van der Waals surface area contributed by atoms with Crippen LogP contribution >= 0.6 is 0 Å². The lowest BCUT2D eigenvalue weighted by Gasteiger charge is -2.18. The lowest BCUT2D eigenvalue weighted by Crippen LogP contribution is -2.24. The Labute approximate surface area is 133 Å². The quantitative estimate of drug-likeness (QED) is 0.354. The number of hydrogen-bond acceptors (Lipinski definition) is 4. The molecule has 0 fully saturated rings. The van der Waals surface area contributed by atoms with Crippen LogP contribution in [0, 0.1) is 4.91 Å². The molecular weight excluding hydrogens is 294 g/mol. The fraction of sp³-hybridized carbons (Fsp3) is 0.111. The Hall–Kier alpha value is -3.08. The van der Waals surface area contributed by atoms with E-state index in [1.807, 2.05) is 6.07 Å². The number of rotatable bonds is 6. The summed E-state index contributed by atoms with van der Waals surface area (Å²) in [4.78, 5) is 34.8. The smallest absolute Gasteiger partial charge is 0.324 e. The Kier molecular flexibility index (Phi) is 5.52. The number of ether oxygens (including phenoxy) is 1. The molecule has 2 rings (SSSR count). The largest absolute Gasteiger partial charge is 0.452 e. The Morgan fingerprint density at radius 2 is 1.48 bits per heavy atom. The van der Waals surface area contributed by atoms with Crippen molar-refractivity contribution in [1.29, 1.82) is 0 Å². The molecule has 2 aromatic rings. The molecule has 0 aliphatic rings. The van der Waals surface area contributed by atoms with Crippen LogP contribution in [0.4, 0.5) is 0 Å². The molecule has 0 aliphatic heterocycles. The molecule has 0 heterocycles. The summed E-state index contributed by atoms with van der Waals surface area (Å²) in [7, 11) is 0. The zero-order valence-corrected chi connectivity index (χ0v) is 12.3. The first kappa shape index (κ1) is 16.3. The Bertz CT molecular complexity index is 697. The zero-order chi connectivity index (χ0) is 16.7. The molecule has 0 aromatic heterocycles. The van der Waals surface area contributed by atoms with E-state index in [1.54, 1.807) is 54.6 Å². The monoisotopic (exact) mass is 309 g/mol. The fourth-order valence-corrected chi connectivity index (χ4v) is 2.17. The van der Waals surface area contributed by atoms with Gasteiger partial charge in [-0.05, 0) is 17.2 Å². The molecule has 2 unspecified atom stereocenters. The maximum absolute atomic E-state index is 12.4. The van der Waals surface area contributed by atoms with Gasteiger partial charge in [-0.1, -0.05) is 67.2 Å². The molecule has 5 heteroatoms. The first-order chi connectivity index (χ1) is 11.2. The maximum Gasteiger partial charge on any atom is 0.324 e. The van der Waals surface area contributed by atoms with E-state index in [0.29, 0.717) is 11.1 Å². The third-order valence-electron chi connectivity index (χ3n) is 3.29. The van der Waals surface area contributed by atoms with Crippen molar-refractivity contribution in [3.8, 4) is 0 Å². The van der Waals surface area contributed by atoms with Gasteiger partial charge in [0.2, 0.25) is 0 Å². The standard InChI is InChI=1S/C18H15NO4/c1-2-15(13-9-5-3-6-10-13)23-18(21)16(17(20)19-22)14-11-7-4-8-12-14/h2-12,15-16H,1H2. The molecule has 5 nitrogen and oxygen atoms in total. The Balaban J connectivity index is 2.26. The highest BCUT2D eigenvalue weighted by Gasteiger charge is 2.32. The van der Waals surface area contributed by atoms with Crippen molar-refractivity contribution in [2.24, 2.45) is 5.18 Å². The van der Waals surface area contributed by atoms with Gasteiger partial charge in [-0.25, -0.2) is 0 Å². The molecule has 1 amide bonds. The van der Waals surface area contributed by atoms with Crippen LogP contribution in [0.1, 0.15) is 23.1 Å². The number of nitrogens with zero attached hydrogens (tertiary/aromatic N) is 1. The van der Waals surface area contributed by atoms with Gasteiger partial charge in [-0.3, -0.25) is 9.59 Å². The Morgan fingerprint density at radius 1 is 0.957 bits per heavy atom. The van der Waals surface area contributed by atoms with Gasteiger partial charge in [-0.15, -0.1) is 4.91 Å². The molecule has 0 bridgehead atoms. The fourth-order valence-electron chi connectivity index (χ4n) is 2.17. The average molecular weight is 309 g/mol. The van der Waals surface area contributed by atoms with Crippen LogP contribution in [0.15, 0.2) is 78.5 Å². The van der Waals surface area contributed by atoms with Gasteiger partial charge in [0.1, 0.15) is 6.10 Å². The van der Waals surface area contributed by atoms with Crippen molar-refractivity contribution < 1.29 is 14.3 Å². The van der Waals surface area contributed by atoms with Crippen molar-refractivity contribution in [2.45, 2.75) is 12.0 Å². The van der Waals surface area contributed by atoms with Gasteiger partial charge in [0.05, 0.1) is 0 Å². The van der Waals surface area contributed by atoms with E-state index in [2.05, 4.69) is 11.8 Å². The molecular formula is C18H15NO4. The summed E-state index contributed by atoms with van der Waals surface area (Å²) < 4.78 is 5.35. The molecule has 2 atom stereocenters. The van der Waals surface area contributed by atoms with Crippen molar-refractivity contribution in [3.05, 3.63) is 89.4 Å². The van der Waals surface area contributed by atoms with Crippen LogP contribution in [-0.2, 0) is 14.3 Å². The van der Waals surface area contributed by atoms with Crippen molar-refractivity contribution >= 4 is 11.9 Å². The minimum absolute atomic E-state index is 0.359. The van der Waals surface area contributed by atoms with E-state index in [0.717, 1.165) is 0 Å². The Morgan fingerprint density at radius 3 is 1.96 bits per heavy atom. The number of nitroso groups, excluding NO2 is 1. The lowest BCUT2D eigenvalue weighted by molar-refractivity contribution is -0.151. The van der Waals surface area contributed by atoms with E-state index in [1.165, 1.54) is 6.08 Å². The minimum atomic E-state index is -1.38. The highest BCUT2D eigenvalue weighted by atomic mass is 16.5. The third kappa shape index (κ3) is 3.97. The number of esters is 1. The summed E-state index contributed by atoms with van der Waals surface area (Å²) in [5, 5.41) is 2.38. The van der Waals surface area contributed by atoms with Gasteiger partial charge >= 0.3 is 11.9 Å². The molecule has 0 saturated carbocycles. The normalized spacial score (nSPS) is 12.7. The van der Waals surface area contributed by atoms with Crippen LogP contribution in [0.2, 0.25) is 0 Å². The highest BCUT2D eigenvalue weighted by molar-refractivity contribution is 6.03. The molecule has 2 aromatic carbocycles. The second-order valence-corrected chi connectivity index (χ2v) is 4.78. The molecule has 0 N–H and O–H groups in total. The second-order valence-electron chi connectivity index (χ2n) is 4.78. The van der Waals surface area contributed by atoms with Crippen LogP contribution in [0.3, 0.4) is 0 Å². The molecule has 0 radical (unpaired) electrons. The van der Waals surface area contributed by atoms with Gasteiger partial charge in [0.15, 0.2) is 5.92 Å². The molecule has 0 saturated heterocycles. The highest BCUT2D eigenvalue weighted by Crippen LogP contribution is 2.25. The number of amides is 1. The van der Waals surface area contributed by atoms with Crippen molar-refractivity contribution in [2.75, 3.05) is 0 Å². The molecule has 0 aliphatic carbocycles. The number of carbonyl (C=O) groups excluding carboxylic acids is 2. The van der Waals surface area contributed by atoms with Gasteiger partial charge < -0.3 is 4.74 Å². The first-order valence-corrected chi connectivity index (χ1v) is 6.97. The molecule has 0 spiro atoms. The van der Waals surface area contributed by atoms with E-state index in [4.69, 9.17) is 4.74 Å². The number of hydrogen-bond donors (Lipinski definition) is 0. The summed E-state index contributed by atoms with van der Waals surface area (Å²) in [6.07, 6.45) is 0.739. The minimum Gasteiger partial charge on any atom is -0.452 e. The summed E-state index contributed by atoms with van der Waals surface area (Å²) in [5.74, 6) is -3.30. The second kappa shape index (κ2) is 7.79. The number of carbonyl (C=O) groups is 2. The van der Waals surface area contributed by atoms with Crippen LogP contribution < -0.4 is 0 Å². The summed E-state index contributed by atoms with van der Waals surface area (Å²) in [6.45, 7) is 3.64.